The summed E-state index contributed by atoms with van der Waals surface area (Å²) < 4.78 is 49.6. The molecule has 3 heterocycles. The fourth-order valence-corrected chi connectivity index (χ4v) is 5.54. The van der Waals surface area contributed by atoms with Crippen LogP contribution in [0.15, 0.2) is 53.8 Å². The van der Waals surface area contributed by atoms with Crippen molar-refractivity contribution in [1.29, 1.82) is 0 Å². The highest BCUT2D eigenvalue weighted by molar-refractivity contribution is 7.87. The van der Waals surface area contributed by atoms with Crippen molar-refractivity contribution in [2.75, 3.05) is 46.4 Å². The number of fused-ring (bicyclic) bond motifs is 1. The first-order chi connectivity index (χ1) is 19.3. The predicted molar refractivity (Wildman–Crippen MR) is 150 cm³/mol. The second-order valence-electron chi connectivity index (χ2n) is 9.46. The molecule has 0 radical (unpaired) electrons. The molecule has 212 valence electrons. The second-order valence-corrected chi connectivity index (χ2v) is 11.0. The molecule has 2 aromatic carbocycles. The van der Waals surface area contributed by atoms with Crippen LogP contribution in [0.4, 0.5) is 15.8 Å². The van der Waals surface area contributed by atoms with Gasteiger partial charge in [0.05, 0.1) is 56.1 Å². The Morgan fingerprint density at radius 2 is 1.93 bits per heavy atom. The number of halogens is 1. The zero-order valence-electron chi connectivity index (χ0n) is 22.7. The molecule has 1 aliphatic rings. The minimum Gasteiger partial charge on any atom is -0.573 e. The van der Waals surface area contributed by atoms with Crippen LogP contribution in [0, 0.1) is 5.82 Å². The third kappa shape index (κ3) is 5.37. The number of imidazole rings is 1. The van der Waals surface area contributed by atoms with E-state index in [0.717, 1.165) is 12.8 Å². The normalized spacial score (nSPS) is 15.0. The molecule has 0 bridgehead atoms. The van der Waals surface area contributed by atoms with Crippen molar-refractivity contribution >= 4 is 33.8 Å². The van der Waals surface area contributed by atoms with Gasteiger partial charge in [0.15, 0.2) is 28.9 Å². The standard InChI is InChI=1S/C27H31FN6O5S/c1-31(2)40(36)34-10-9-29-25(34)16-32(23-14-20(37-3)15-24(38-4)26(23)28)19-5-6-22-21(13-19)27(35)33(17-30-22)18-7-11-39-12-8-18/h5-6,9-10,13-15,17-18H,7-8,11-12,16H2,1-4H3. The molecule has 0 saturated carbocycles. The first kappa shape index (κ1) is 27.9. The molecule has 5 rings (SSSR count). The van der Waals surface area contributed by atoms with Gasteiger partial charge in [0, 0.05) is 51.2 Å². The number of nitrogens with zero attached hydrogens (tertiary/aromatic N) is 6. The van der Waals surface area contributed by atoms with Crippen molar-refractivity contribution in [3.63, 3.8) is 0 Å². The van der Waals surface area contributed by atoms with Gasteiger partial charge in [-0.2, -0.15) is 0 Å². The highest BCUT2D eigenvalue weighted by Gasteiger charge is 2.26. The Morgan fingerprint density at radius 3 is 2.62 bits per heavy atom. The molecule has 13 heteroatoms. The van der Waals surface area contributed by atoms with E-state index in [1.54, 1.807) is 60.4 Å². The van der Waals surface area contributed by atoms with Gasteiger partial charge in [0.25, 0.3) is 5.56 Å². The number of ether oxygens (including phenoxy) is 3. The quantitative estimate of drug-likeness (QED) is 0.280. The molecule has 11 nitrogen and oxygen atoms in total. The average molecular weight is 571 g/mol. The van der Waals surface area contributed by atoms with Gasteiger partial charge in [-0.05, 0) is 31.0 Å². The Kier molecular flexibility index (Phi) is 8.26. The van der Waals surface area contributed by atoms with Gasteiger partial charge < -0.3 is 23.7 Å². The zero-order chi connectivity index (χ0) is 28.4. The fraction of sp³-hybridized carbons (Fsp3) is 0.370. The van der Waals surface area contributed by atoms with Crippen LogP contribution in [0.5, 0.6) is 11.5 Å². The third-order valence-electron chi connectivity index (χ3n) is 6.86. The summed E-state index contributed by atoms with van der Waals surface area (Å²) in [7, 11) is 6.22. The minimum atomic E-state index is -1.55. The fourth-order valence-electron chi connectivity index (χ4n) is 4.74. The van der Waals surface area contributed by atoms with Crippen LogP contribution in [0.3, 0.4) is 0 Å². The first-order valence-electron chi connectivity index (χ1n) is 12.7. The van der Waals surface area contributed by atoms with Gasteiger partial charge in [-0.1, -0.05) is 0 Å². The summed E-state index contributed by atoms with van der Waals surface area (Å²) in [6, 6.07) is 8.17. The third-order valence-corrected chi connectivity index (χ3v) is 8.16. The highest BCUT2D eigenvalue weighted by Crippen LogP contribution is 2.38. The maximum absolute atomic E-state index is 15.8. The number of methoxy groups -OCH3 is 2. The van der Waals surface area contributed by atoms with E-state index in [1.807, 2.05) is 0 Å². The van der Waals surface area contributed by atoms with Crippen LogP contribution < -0.4 is 19.9 Å². The van der Waals surface area contributed by atoms with E-state index in [2.05, 4.69) is 9.97 Å². The Morgan fingerprint density at radius 1 is 1.15 bits per heavy atom. The van der Waals surface area contributed by atoms with Gasteiger partial charge in [-0.25, -0.2) is 14.4 Å². The molecule has 0 N–H and O–H groups in total. The van der Waals surface area contributed by atoms with E-state index in [0.29, 0.717) is 41.4 Å². The van der Waals surface area contributed by atoms with Crippen molar-refractivity contribution in [2.24, 2.45) is 0 Å². The van der Waals surface area contributed by atoms with Crippen molar-refractivity contribution in [3.05, 3.63) is 71.0 Å². The summed E-state index contributed by atoms with van der Waals surface area (Å²) in [4.78, 5) is 24.2. The molecule has 1 fully saturated rings. The van der Waals surface area contributed by atoms with Crippen molar-refractivity contribution in [1.82, 2.24) is 22.8 Å². The highest BCUT2D eigenvalue weighted by atomic mass is 32.2. The molecule has 1 aliphatic heterocycles. The molecule has 2 aromatic heterocycles. The molecule has 4 aromatic rings. The molecule has 40 heavy (non-hydrogen) atoms. The van der Waals surface area contributed by atoms with E-state index in [-0.39, 0.29) is 29.6 Å². The van der Waals surface area contributed by atoms with E-state index >= 15 is 4.39 Å². The second kappa shape index (κ2) is 11.8. The Bertz CT molecular complexity index is 1550. The lowest BCUT2D eigenvalue weighted by Crippen LogP contribution is -2.31. The summed E-state index contributed by atoms with van der Waals surface area (Å²) >= 11 is -1.55. The topological polar surface area (TPSA) is 110 Å². The summed E-state index contributed by atoms with van der Waals surface area (Å²) in [6.07, 6.45) is 6.16. The number of benzene rings is 2. The molecule has 1 saturated heterocycles. The van der Waals surface area contributed by atoms with Gasteiger partial charge in [0.1, 0.15) is 5.75 Å². The minimum absolute atomic E-state index is 0.00788. The van der Waals surface area contributed by atoms with Gasteiger partial charge in [-0.3, -0.25) is 9.36 Å². The lowest BCUT2D eigenvalue weighted by Gasteiger charge is -2.27. The van der Waals surface area contributed by atoms with Crippen LogP contribution in [0.25, 0.3) is 10.9 Å². The summed E-state index contributed by atoms with van der Waals surface area (Å²) in [5, 5.41) is 0.395. The number of anilines is 2. The van der Waals surface area contributed by atoms with Crippen LogP contribution >= 0.6 is 0 Å². The predicted octanol–water partition coefficient (Wildman–Crippen LogP) is 3.43. The monoisotopic (exact) mass is 570 g/mol. The molecule has 1 atom stereocenters. The maximum atomic E-state index is 15.8. The molecular weight excluding hydrogens is 539 g/mol. The molecule has 0 spiro atoms. The average Bonchev–Trinajstić information content (AvgIpc) is 3.44. The number of hydrogen-bond acceptors (Lipinski definition) is 9. The van der Waals surface area contributed by atoms with Gasteiger partial charge in [0.2, 0.25) is 0 Å². The van der Waals surface area contributed by atoms with E-state index < -0.39 is 17.4 Å². The van der Waals surface area contributed by atoms with E-state index in [1.165, 1.54) is 34.8 Å². The Labute approximate surface area is 234 Å². The molecule has 0 aliphatic carbocycles. The van der Waals surface area contributed by atoms with Crippen molar-refractivity contribution in [3.8, 4) is 11.5 Å². The molecular formula is C27H31FN6O5S. The zero-order valence-corrected chi connectivity index (χ0v) is 23.6. The van der Waals surface area contributed by atoms with Crippen molar-refractivity contribution < 1.29 is 23.2 Å². The molecule has 1 unspecified atom stereocenters. The number of rotatable bonds is 9. The van der Waals surface area contributed by atoms with Crippen LogP contribution in [-0.4, -0.2) is 68.9 Å². The lowest BCUT2D eigenvalue weighted by atomic mass is 10.1. The first-order valence-corrected chi connectivity index (χ1v) is 13.8. The number of aromatic nitrogens is 4. The van der Waals surface area contributed by atoms with E-state index in [4.69, 9.17) is 14.2 Å². The van der Waals surface area contributed by atoms with Crippen LogP contribution in [0.2, 0.25) is 0 Å². The number of hydrogen-bond donors (Lipinski definition) is 0. The van der Waals surface area contributed by atoms with Gasteiger partial charge >= 0.3 is 0 Å². The smallest absolute Gasteiger partial charge is 0.261 e. The molecule has 0 amide bonds. The summed E-state index contributed by atoms with van der Waals surface area (Å²) in [6.45, 7) is 1.20. The summed E-state index contributed by atoms with van der Waals surface area (Å²) in [5.41, 5.74) is 0.985. The van der Waals surface area contributed by atoms with Crippen LogP contribution in [0.1, 0.15) is 24.7 Å². The summed E-state index contributed by atoms with van der Waals surface area (Å²) in [5.74, 6) is 0.159. The lowest BCUT2D eigenvalue weighted by molar-refractivity contribution is 0.0685. The van der Waals surface area contributed by atoms with E-state index in [9.17, 15) is 9.35 Å². The maximum Gasteiger partial charge on any atom is 0.261 e. The van der Waals surface area contributed by atoms with Crippen LogP contribution in [-0.2, 0) is 22.8 Å². The Balaban J connectivity index is 1.67. The largest absolute Gasteiger partial charge is 0.573 e. The van der Waals surface area contributed by atoms with Crippen molar-refractivity contribution in [2.45, 2.75) is 25.4 Å². The van der Waals surface area contributed by atoms with Gasteiger partial charge in [-0.15, -0.1) is 8.28 Å². The Hall–Kier alpha value is -3.65. The SMILES string of the molecule is COc1cc(OC)c(F)c(N(Cc2nccn2[S+]([O-])N(C)C)c2ccc3ncn(C4CCOCC4)c(=O)c3c2)c1.